The highest BCUT2D eigenvalue weighted by Crippen LogP contribution is 2.22. The summed E-state index contributed by atoms with van der Waals surface area (Å²) in [5.41, 5.74) is 3.41. The van der Waals surface area contributed by atoms with Gasteiger partial charge in [0.25, 0.3) is 6.43 Å². The van der Waals surface area contributed by atoms with Gasteiger partial charge in [0.2, 0.25) is 0 Å². The van der Waals surface area contributed by atoms with Crippen LogP contribution in [0.3, 0.4) is 0 Å². The molecule has 0 N–H and O–H groups in total. The lowest BCUT2D eigenvalue weighted by Gasteiger charge is -2.06. The van der Waals surface area contributed by atoms with E-state index in [2.05, 4.69) is 4.99 Å². The van der Waals surface area contributed by atoms with E-state index in [1.165, 1.54) is 12.1 Å². The lowest BCUT2D eigenvalue weighted by atomic mass is 10.1. The van der Waals surface area contributed by atoms with Gasteiger partial charge in [-0.3, -0.25) is 4.99 Å². The van der Waals surface area contributed by atoms with Crippen LogP contribution in [0.1, 0.15) is 30.0 Å². The summed E-state index contributed by atoms with van der Waals surface area (Å²) in [5.74, 6) is 0. The Balaban J connectivity index is 2.36. The molecule has 1 nitrogen and oxygen atoms in total. The maximum Gasteiger partial charge on any atom is 0.263 e. The number of benzene rings is 2. The third-order valence-electron chi connectivity index (χ3n) is 2.96. The molecule has 0 saturated heterocycles. The molecule has 0 aliphatic rings. The van der Waals surface area contributed by atoms with Gasteiger partial charge < -0.3 is 0 Å². The van der Waals surface area contributed by atoms with Crippen molar-refractivity contribution in [3.63, 3.8) is 0 Å². The fourth-order valence-electron chi connectivity index (χ4n) is 1.83. The fraction of sp³-hybridized carbons (Fsp3) is 0.188. The summed E-state index contributed by atoms with van der Waals surface area (Å²) in [6.07, 6.45) is -2.45. The quantitative estimate of drug-likeness (QED) is 0.682. The topological polar surface area (TPSA) is 12.4 Å². The molecule has 0 atom stereocenters. The Labute approximate surface area is 111 Å². The van der Waals surface area contributed by atoms with Crippen LogP contribution in [-0.2, 0) is 0 Å². The largest absolute Gasteiger partial charge is 0.263 e. The van der Waals surface area contributed by atoms with Gasteiger partial charge in [0.1, 0.15) is 0 Å². The molecule has 0 spiro atoms. The summed E-state index contributed by atoms with van der Waals surface area (Å²) in [5, 5.41) is 0. The molecule has 2 aromatic rings. The first-order valence-corrected chi connectivity index (χ1v) is 6.07. The summed E-state index contributed by atoms with van der Waals surface area (Å²) in [7, 11) is 0. The van der Waals surface area contributed by atoms with Crippen LogP contribution in [-0.4, -0.2) is 5.71 Å². The van der Waals surface area contributed by atoms with Crippen molar-refractivity contribution in [3.05, 3.63) is 65.2 Å². The predicted molar refractivity (Wildman–Crippen MR) is 74.4 cm³/mol. The molecule has 0 aliphatic heterocycles. The molecule has 0 fully saturated rings. The van der Waals surface area contributed by atoms with E-state index in [9.17, 15) is 8.78 Å². The first kappa shape index (κ1) is 13.4. The van der Waals surface area contributed by atoms with E-state index in [4.69, 9.17) is 0 Å². The number of hydrogen-bond donors (Lipinski definition) is 0. The fourth-order valence-corrected chi connectivity index (χ4v) is 1.83. The minimum atomic E-state index is -2.45. The Bertz CT molecular complexity index is 603. The molecule has 0 bridgehead atoms. The van der Waals surface area contributed by atoms with Crippen LogP contribution in [0.4, 0.5) is 14.5 Å². The lowest BCUT2D eigenvalue weighted by Crippen LogP contribution is -1.96. The van der Waals surface area contributed by atoms with Crippen LogP contribution < -0.4 is 0 Å². The van der Waals surface area contributed by atoms with Gasteiger partial charge in [-0.1, -0.05) is 36.4 Å². The minimum Gasteiger partial charge on any atom is -0.253 e. The molecule has 2 aromatic carbocycles. The zero-order valence-corrected chi connectivity index (χ0v) is 10.9. The number of halogens is 2. The van der Waals surface area contributed by atoms with Crippen LogP contribution in [0.5, 0.6) is 0 Å². The number of para-hydroxylation sites is 1. The van der Waals surface area contributed by atoms with Gasteiger partial charge in [-0.25, -0.2) is 8.78 Å². The van der Waals surface area contributed by atoms with Gasteiger partial charge in [-0.2, -0.15) is 0 Å². The van der Waals surface area contributed by atoms with Crippen LogP contribution in [0.2, 0.25) is 0 Å². The van der Waals surface area contributed by atoms with Crippen LogP contribution >= 0.6 is 0 Å². The summed E-state index contributed by atoms with van der Waals surface area (Å²) in [4.78, 5) is 4.50. The van der Waals surface area contributed by atoms with Gasteiger partial charge >= 0.3 is 0 Å². The Morgan fingerprint density at radius 3 is 2.47 bits per heavy atom. The zero-order chi connectivity index (χ0) is 13.8. The highest BCUT2D eigenvalue weighted by atomic mass is 19.3. The molecule has 0 amide bonds. The van der Waals surface area contributed by atoms with Crippen molar-refractivity contribution >= 4 is 11.4 Å². The molecule has 19 heavy (non-hydrogen) atoms. The van der Waals surface area contributed by atoms with Gasteiger partial charge in [-0.05, 0) is 37.1 Å². The van der Waals surface area contributed by atoms with Crippen molar-refractivity contribution in [1.82, 2.24) is 0 Å². The molecule has 0 radical (unpaired) electrons. The summed E-state index contributed by atoms with van der Waals surface area (Å²) in [6, 6.07) is 14.1. The van der Waals surface area contributed by atoms with Crippen molar-refractivity contribution in [2.75, 3.05) is 0 Å². The van der Waals surface area contributed by atoms with Crippen LogP contribution in [0, 0.1) is 6.92 Å². The molecule has 0 saturated carbocycles. The smallest absolute Gasteiger partial charge is 0.253 e. The number of aryl methyl sites for hydroxylation is 1. The van der Waals surface area contributed by atoms with E-state index in [1.807, 2.05) is 38.1 Å². The number of nitrogens with zero attached hydrogens (tertiary/aromatic N) is 1. The molecule has 98 valence electrons. The molecular formula is C16H15F2N. The van der Waals surface area contributed by atoms with E-state index in [0.717, 1.165) is 22.5 Å². The third kappa shape index (κ3) is 3.25. The normalized spacial score (nSPS) is 11.9. The van der Waals surface area contributed by atoms with Crippen LogP contribution in [0.25, 0.3) is 0 Å². The molecule has 3 heteroatoms. The first-order valence-electron chi connectivity index (χ1n) is 6.07. The Morgan fingerprint density at radius 2 is 1.79 bits per heavy atom. The van der Waals surface area contributed by atoms with Crippen molar-refractivity contribution in [1.29, 1.82) is 0 Å². The second-order valence-electron chi connectivity index (χ2n) is 4.41. The molecule has 0 aliphatic carbocycles. The average Bonchev–Trinajstić information content (AvgIpc) is 2.41. The predicted octanol–water partition coefficient (Wildman–Crippen LogP) is 5.07. The number of hydrogen-bond acceptors (Lipinski definition) is 1. The monoisotopic (exact) mass is 259 g/mol. The van der Waals surface area contributed by atoms with Crippen LogP contribution in [0.15, 0.2) is 53.5 Å². The molecule has 0 heterocycles. The number of alkyl halides is 2. The van der Waals surface area contributed by atoms with Gasteiger partial charge in [0.05, 0.1) is 5.69 Å². The number of rotatable bonds is 3. The first-order chi connectivity index (χ1) is 9.08. The highest BCUT2D eigenvalue weighted by molar-refractivity contribution is 6.00. The Kier molecular flexibility index (Phi) is 4.05. The molecular weight excluding hydrogens is 244 g/mol. The van der Waals surface area contributed by atoms with Crippen molar-refractivity contribution in [3.8, 4) is 0 Å². The standard InChI is InChI=1S/C16H15F2N/c1-11-6-3-4-9-15(11)19-12(2)13-7-5-8-14(10-13)16(17)18/h3-10,16H,1-2H3/b19-12+. The van der Waals surface area contributed by atoms with Gasteiger partial charge in [0.15, 0.2) is 0 Å². The maximum absolute atomic E-state index is 12.7. The molecule has 0 unspecified atom stereocenters. The van der Waals surface area contributed by atoms with Gasteiger partial charge in [0, 0.05) is 11.3 Å². The second-order valence-corrected chi connectivity index (χ2v) is 4.41. The van der Waals surface area contributed by atoms with E-state index in [1.54, 1.807) is 12.1 Å². The highest BCUT2D eigenvalue weighted by Gasteiger charge is 2.08. The van der Waals surface area contributed by atoms with E-state index in [-0.39, 0.29) is 5.56 Å². The lowest BCUT2D eigenvalue weighted by molar-refractivity contribution is 0.151. The van der Waals surface area contributed by atoms with E-state index in [0.29, 0.717) is 0 Å². The summed E-state index contributed by atoms with van der Waals surface area (Å²) in [6.45, 7) is 3.80. The third-order valence-corrected chi connectivity index (χ3v) is 2.96. The van der Waals surface area contributed by atoms with Crippen molar-refractivity contribution in [2.24, 2.45) is 4.99 Å². The Morgan fingerprint density at radius 1 is 1.05 bits per heavy atom. The zero-order valence-electron chi connectivity index (χ0n) is 10.9. The molecule has 0 aromatic heterocycles. The minimum absolute atomic E-state index is 0.0248. The van der Waals surface area contributed by atoms with Gasteiger partial charge in [-0.15, -0.1) is 0 Å². The summed E-state index contributed by atoms with van der Waals surface area (Å²) >= 11 is 0. The van der Waals surface area contributed by atoms with Crippen molar-refractivity contribution in [2.45, 2.75) is 20.3 Å². The number of aliphatic imine (C=N–C) groups is 1. The van der Waals surface area contributed by atoms with E-state index < -0.39 is 6.43 Å². The van der Waals surface area contributed by atoms with Crippen molar-refractivity contribution < 1.29 is 8.78 Å². The summed E-state index contributed by atoms with van der Waals surface area (Å²) < 4.78 is 25.3. The van der Waals surface area contributed by atoms with E-state index >= 15 is 0 Å². The molecule has 2 rings (SSSR count). The second kappa shape index (κ2) is 5.74. The average molecular weight is 259 g/mol. The Hall–Kier alpha value is -2.03. The maximum atomic E-state index is 12.7. The SMILES string of the molecule is C/C(=N\c1ccccc1C)c1cccc(C(F)F)c1.